The summed E-state index contributed by atoms with van der Waals surface area (Å²) in [6.07, 6.45) is 2.10. The lowest BCUT2D eigenvalue weighted by molar-refractivity contribution is -0.382. The molecule has 0 unspecified atom stereocenters. The van der Waals surface area contributed by atoms with Gasteiger partial charge in [0.2, 0.25) is 5.52 Å². The molecule has 2 heterocycles. The zero-order chi connectivity index (χ0) is 13.4. The van der Waals surface area contributed by atoms with Gasteiger partial charge in [-0.25, -0.2) is 4.63 Å². The van der Waals surface area contributed by atoms with Crippen molar-refractivity contribution in [2.24, 2.45) is 5.92 Å². The van der Waals surface area contributed by atoms with Gasteiger partial charge in [0.15, 0.2) is 0 Å². The van der Waals surface area contributed by atoms with Gasteiger partial charge in [-0.05, 0) is 41.2 Å². The van der Waals surface area contributed by atoms with E-state index in [0.717, 1.165) is 25.9 Å². The van der Waals surface area contributed by atoms with Crippen molar-refractivity contribution in [2.45, 2.75) is 19.8 Å². The Balaban J connectivity index is 2.07. The summed E-state index contributed by atoms with van der Waals surface area (Å²) < 4.78 is 4.59. The number of nitrogens with zero attached hydrogens (tertiary/aromatic N) is 4. The molecule has 0 aliphatic carbocycles. The second-order valence-electron chi connectivity index (χ2n) is 4.99. The Bertz CT molecular complexity index is 616. The number of benzene rings is 1. The van der Waals surface area contributed by atoms with Crippen molar-refractivity contribution in [1.82, 2.24) is 10.3 Å². The first-order valence-corrected chi connectivity index (χ1v) is 6.31. The lowest BCUT2D eigenvalue weighted by atomic mass is 9.98. The SMILES string of the molecule is CC1CCN(c2ccc3nonc3c2[N+](=O)[O-])CC1. The van der Waals surface area contributed by atoms with E-state index in [9.17, 15) is 10.1 Å². The predicted molar refractivity (Wildman–Crippen MR) is 69.1 cm³/mol. The molecule has 1 aliphatic heterocycles. The Morgan fingerprint density at radius 3 is 2.79 bits per heavy atom. The van der Waals surface area contributed by atoms with Crippen LogP contribution < -0.4 is 4.90 Å². The molecular weight excluding hydrogens is 248 g/mol. The third-order valence-electron chi connectivity index (χ3n) is 3.69. The largest absolute Gasteiger partial charge is 0.366 e. The average Bonchev–Trinajstić information content (AvgIpc) is 2.86. The smallest absolute Gasteiger partial charge is 0.323 e. The number of nitro groups is 1. The summed E-state index contributed by atoms with van der Waals surface area (Å²) in [4.78, 5) is 13.0. The van der Waals surface area contributed by atoms with Crippen LogP contribution in [0.5, 0.6) is 0 Å². The quantitative estimate of drug-likeness (QED) is 0.610. The first-order valence-electron chi connectivity index (χ1n) is 6.31. The molecule has 7 heteroatoms. The topological polar surface area (TPSA) is 85.3 Å². The van der Waals surface area contributed by atoms with Crippen LogP contribution in [0.4, 0.5) is 11.4 Å². The van der Waals surface area contributed by atoms with E-state index in [0.29, 0.717) is 17.1 Å². The van der Waals surface area contributed by atoms with Gasteiger partial charge in [-0.3, -0.25) is 10.1 Å². The summed E-state index contributed by atoms with van der Waals surface area (Å²) in [5, 5.41) is 18.6. The summed E-state index contributed by atoms with van der Waals surface area (Å²) in [5.41, 5.74) is 1.25. The van der Waals surface area contributed by atoms with Crippen LogP contribution in [0, 0.1) is 16.0 Å². The van der Waals surface area contributed by atoms with Gasteiger partial charge in [0.25, 0.3) is 0 Å². The molecule has 0 bridgehead atoms. The van der Waals surface area contributed by atoms with Gasteiger partial charge in [-0.1, -0.05) is 6.92 Å². The van der Waals surface area contributed by atoms with Gasteiger partial charge in [-0.15, -0.1) is 0 Å². The highest BCUT2D eigenvalue weighted by Gasteiger charge is 2.27. The maximum absolute atomic E-state index is 11.3. The van der Waals surface area contributed by atoms with Crippen molar-refractivity contribution in [3.63, 3.8) is 0 Å². The fourth-order valence-corrected chi connectivity index (χ4v) is 2.51. The fourth-order valence-electron chi connectivity index (χ4n) is 2.51. The minimum absolute atomic E-state index is 0.00620. The summed E-state index contributed by atoms with van der Waals surface area (Å²) >= 11 is 0. The normalized spacial score (nSPS) is 17.0. The Morgan fingerprint density at radius 1 is 1.37 bits per heavy atom. The van der Waals surface area contributed by atoms with Gasteiger partial charge in [0.1, 0.15) is 11.2 Å². The van der Waals surface area contributed by atoms with E-state index in [1.54, 1.807) is 12.1 Å². The molecule has 0 atom stereocenters. The van der Waals surface area contributed by atoms with Crippen LogP contribution in [0.2, 0.25) is 0 Å². The van der Waals surface area contributed by atoms with Crippen molar-refractivity contribution >= 4 is 22.4 Å². The second-order valence-corrected chi connectivity index (χ2v) is 4.99. The molecule has 3 rings (SSSR count). The molecule has 0 N–H and O–H groups in total. The molecule has 0 amide bonds. The molecule has 0 spiro atoms. The summed E-state index contributed by atoms with van der Waals surface area (Å²) in [7, 11) is 0. The first-order chi connectivity index (χ1) is 9.16. The summed E-state index contributed by atoms with van der Waals surface area (Å²) in [6.45, 7) is 3.87. The third-order valence-corrected chi connectivity index (χ3v) is 3.69. The molecule has 100 valence electrons. The summed E-state index contributed by atoms with van der Waals surface area (Å²) in [6, 6.07) is 3.45. The van der Waals surface area contributed by atoms with E-state index >= 15 is 0 Å². The Morgan fingerprint density at radius 2 is 2.11 bits per heavy atom. The Hall–Kier alpha value is -2.18. The highest BCUT2D eigenvalue weighted by Crippen LogP contribution is 2.36. The van der Waals surface area contributed by atoms with Crippen molar-refractivity contribution in [2.75, 3.05) is 18.0 Å². The number of anilines is 1. The number of piperidine rings is 1. The molecule has 1 fully saturated rings. The van der Waals surface area contributed by atoms with E-state index < -0.39 is 4.92 Å². The number of nitro benzene ring substituents is 1. The number of hydrogen-bond donors (Lipinski definition) is 0. The van der Waals surface area contributed by atoms with Crippen LogP contribution in [-0.4, -0.2) is 28.3 Å². The van der Waals surface area contributed by atoms with E-state index in [2.05, 4.69) is 21.9 Å². The van der Waals surface area contributed by atoms with Crippen LogP contribution in [0.3, 0.4) is 0 Å². The maximum atomic E-state index is 11.3. The highest BCUT2D eigenvalue weighted by molar-refractivity contribution is 5.91. The van der Waals surface area contributed by atoms with Gasteiger partial charge in [0, 0.05) is 13.1 Å². The molecule has 1 aromatic carbocycles. The van der Waals surface area contributed by atoms with Gasteiger partial charge in [-0.2, -0.15) is 0 Å². The van der Waals surface area contributed by atoms with Crippen molar-refractivity contribution in [3.8, 4) is 0 Å². The van der Waals surface area contributed by atoms with Crippen LogP contribution in [0.25, 0.3) is 11.0 Å². The van der Waals surface area contributed by atoms with Gasteiger partial charge in [0.05, 0.1) is 4.92 Å². The molecule has 19 heavy (non-hydrogen) atoms. The molecule has 0 saturated carbocycles. The van der Waals surface area contributed by atoms with Crippen LogP contribution in [0.15, 0.2) is 16.8 Å². The maximum Gasteiger partial charge on any atom is 0.323 e. The highest BCUT2D eigenvalue weighted by atomic mass is 16.6. The molecule has 1 aliphatic rings. The molecule has 0 radical (unpaired) electrons. The molecular formula is C12H14N4O3. The Labute approximate surface area is 109 Å². The number of rotatable bonds is 2. The predicted octanol–water partition coefficient (Wildman–Crippen LogP) is 2.37. The zero-order valence-electron chi connectivity index (χ0n) is 10.6. The zero-order valence-corrected chi connectivity index (χ0v) is 10.6. The monoisotopic (exact) mass is 262 g/mol. The lowest BCUT2D eigenvalue weighted by Crippen LogP contribution is -2.33. The van der Waals surface area contributed by atoms with Crippen molar-refractivity contribution < 1.29 is 9.55 Å². The second kappa shape index (κ2) is 4.49. The molecule has 1 saturated heterocycles. The van der Waals surface area contributed by atoms with Gasteiger partial charge < -0.3 is 4.90 Å². The summed E-state index contributed by atoms with van der Waals surface area (Å²) in [5.74, 6) is 0.674. The van der Waals surface area contributed by atoms with Crippen LogP contribution in [0.1, 0.15) is 19.8 Å². The standard InChI is InChI=1S/C12H14N4O3/c1-8-4-6-15(7-5-8)10-3-2-9-11(14-19-13-9)12(10)16(17)18/h2-3,8H,4-7H2,1H3. The first kappa shape index (κ1) is 11.9. The van der Waals surface area contributed by atoms with E-state index in [1.165, 1.54) is 0 Å². The average molecular weight is 262 g/mol. The fraction of sp³-hybridized carbons (Fsp3) is 0.500. The van der Waals surface area contributed by atoms with Crippen LogP contribution >= 0.6 is 0 Å². The Kier molecular flexibility index (Phi) is 2.81. The van der Waals surface area contributed by atoms with Gasteiger partial charge >= 0.3 is 5.69 Å². The molecule has 1 aromatic heterocycles. The number of aromatic nitrogens is 2. The van der Waals surface area contributed by atoms with E-state index in [4.69, 9.17) is 0 Å². The molecule has 7 nitrogen and oxygen atoms in total. The van der Waals surface area contributed by atoms with Crippen LogP contribution in [-0.2, 0) is 0 Å². The molecule has 2 aromatic rings. The van der Waals surface area contributed by atoms with Crippen molar-refractivity contribution in [3.05, 3.63) is 22.2 Å². The minimum atomic E-state index is -0.403. The van der Waals surface area contributed by atoms with Crippen molar-refractivity contribution in [1.29, 1.82) is 0 Å². The van der Waals surface area contributed by atoms with E-state index in [1.807, 2.05) is 4.90 Å². The minimum Gasteiger partial charge on any atom is -0.366 e. The van der Waals surface area contributed by atoms with E-state index in [-0.39, 0.29) is 11.2 Å². The lowest BCUT2D eigenvalue weighted by Gasteiger charge is -2.31. The number of hydrogen-bond acceptors (Lipinski definition) is 6. The third kappa shape index (κ3) is 2.00. The number of fused-ring (bicyclic) bond motifs is 1.